The molecule has 0 aliphatic carbocycles. The van der Waals surface area contributed by atoms with Crippen LogP contribution < -0.4 is 5.73 Å². The van der Waals surface area contributed by atoms with Crippen molar-refractivity contribution in [2.45, 2.75) is 33.1 Å². The molecule has 1 heterocycles. The maximum absolute atomic E-state index is 8.75. The van der Waals surface area contributed by atoms with E-state index in [0.717, 1.165) is 52.1 Å². The molecule has 3 N–H and O–H groups in total. The Balaban J connectivity index is 2.26. The van der Waals surface area contributed by atoms with E-state index in [0.29, 0.717) is 5.84 Å². The van der Waals surface area contributed by atoms with Crippen LogP contribution in [0.25, 0.3) is 0 Å². The van der Waals surface area contributed by atoms with Gasteiger partial charge in [0.25, 0.3) is 0 Å². The number of rotatable bonds is 6. The lowest BCUT2D eigenvalue weighted by atomic mass is 9.79. The van der Waals surface area contributed by atoms with Crippen LogP contribution >= 0.6 is 0 Å². The highest BCUT2D eigenvalue weighted by Gasteiger charge is 2.33. The summed E-state index contributed by atoms with van der Waals surface area (Å²) in [5.41, 5.74) is 5.58. The number of nitrogens with two attached hydrogens (primary N) is 1. The van der Waals surface area contributed by atoms with Gasteiger partial charge in [0.1, 0.15) is 5.84 Å². The molecule has 0 atom stereocenters. The Hall–Kier alpha value is -0.810. The van der Waals surface area contributed by atoms with Gasteiger partial charge in [0.2, 0.25) is 0 Å². The molecule has 5 heteroatoms. The van der Waals surface area contributed by atoms with E-state index in [4.69, 9.17) is 15.7 Å². The lowest BCUT2D eigenvalue weighted by Crippen LogP contribution is -2.46. The molecule has 0 radical (unpaired) electrons. The fourth-order valence-electron chi connectivity index (χ4n) is 2.09. The number of hydrogen-bond acceptors (Lipinski definition) is 4. The fourth-order valence-corrected chi connectivity index (χ4v) is 2.09. The quantitative estimate of drug-likeness (QED) is 0.242. The molecule has 0 spiro atoms. The van der Waals surface area contributed by atoms with Crippen molar-refractivity contribution < 1.29 is 9.94 Å². The Morgan fingerprint density at radius 1 is 1.41 bits per heavy atom. The average molecular weight is 243 g/mol. The van der Waals surface area contributed by atoms with Crippen molar-refractivity contribution in [3.63, 3.8) is 0 Å². The van der Waals surface area contributed by atoms with Crippen molar-refractivity contribution in [1.82, 2.24) is 4.90 Å². The second-order valence-corrected chi connectivity index (χ2v) is 5.00. The van der Waals surface area contributed by atoms with Crippen LogP contribution in [0.1, 0.15) is 33.1 Å². The van der Waals surface area contributed by atoms with Crippen molar-refractivity contribution >= 4 is 5.84 Å². The second kappa shape index (κ2) is 6.81. The summed E-state index contributed by atoms with van der Waals surface area (Å²) in [5, 5.41) is 11.9. The minimum atomic E-state index is -0.143. The van der Waals surface area contributed by atoms with E-state index >= 15 is 0 Å². The smallest absolute Gasteiger partial charge is 0.145 e. The molecule has 0 saturated carbocycles. The Morgan fingerprint density at radius 3 is 2.59 bits per heavy atom. The summed E-state index contributed by atoms with van der Waals surface area (Å²) in [6.45, 7) is 8.77. The molecule has 17 heavy (non-hydrogen) atoms. The zero-order chi connectivity index (χ0) is 12.7. The summed E-state index contributed by atoms with van der Waals surface area (Å²) < 4.78 is 5.48. The molecule has 0 amide bonds. The molecule has 0 bridgehead atoms. The van der Waals surface area contributed by atoms with E-state index in [9.17, 15) is 0 Å². The van der Waals surface area contributed by atoms with Gasteiger partial charge in [0.05, 0.1) is 6.61 Å². The van der Waals surface area contributed by atoms with Gasteiger partial charge in [0.15, 0.2) is 0 Å². The summed E-state index contributed by atoms with van der Waals surface area (Å²) >= 11 is 0. The molecular formula is C12H25N3O2. The third-order valence-electron chi connectivity index (χ3n) is 3.59. The Kier molecular flexibility index (Phi) is 5.71. The van der Waals surface area contributed by atoms with E-state index in [1.165, 1.54) is 0 Å². The lowest BCUT2D eigenvalue weighted by molar-refractivity contribution is 0.0828. The standard InChI is InChI=1S/C12H25N3O2/c1-3-9-17-10-8-15-6-4-12(2,5-7-15)11(13)14-16/h16H,3-10H2,1-2H3,(H2,13,14). The topological polar surface area (TPSA) is 71.1 Å². The van der Waals surface area contributed by atoms with Crippen LogP contribution in [-0.2, 0) is 4.74 Å². The van der Waals surface area contributed by atoms with Crippen molar-refractivity contribution in [2.24, 2.45) is 16.3 Å². The predicted molar refractivity (Wildman–Crippen MR) is 68.3 cm³/mol. The summed E-state index contributed by atoms with van der Waals surface area (Å²) in [4.78, 5) is 2.38. The highest BCUT2D eigenvalue weighted by atomic mass is 16.5. The number of piperidine rings is 1. The molecule has 0 unspecified atom stereocenters. The van der Waals surface area contributed by atoms with Gasteiger partial charge in [-0.1, -0.05) is 19.0 Å². The third-order valence-corrected chi connectivity index (χ3v) is 3.59. The zero-order valence-corrected chi connectivity index (χ0v) is 11.0. The van der Waals surface area contributed by atoms with Crippen LogP contribution in [0, 0.1) is 5.41 Å². The van der Waals surface area contributed by atoms with Gasteiger partial charge in [-0.2, -0.15) is 0 Å². The molecule has 100 valence electrons. The zero-order valence-electron chi connectivity index (χ0n) is 11.0. The van der Waals surface area contributed by atoms with E-state index in [-0.39, 0.29) is 5.41 Å². The molecule has 0 aromatic heterocycles. The van der Waals surface area contributed by atoms with E-state index in [1.807, 2.05) is 0 Å². The minimum absolute atomic E-state index is 0.143. The van der Waals surface area contributed by atoms with Gasteiger partial charge in [0, 0.05) is 18.6 Å². The van der Waals surface area contributed by atoms with Gasteiger partial charge in [-0.05, 0) is 32.4 Å². The van der Waals surface area contributed by atoms with Gasteiger partial charge in [-0.15, -0.1) is 0 Å². The van der Waals surface area contributed by atoms with Crippen LogP contribution in [0.3, 0.4) is 0 Å². The summed E-state index contributed by atoms with van der Waals surface area (Å²) in [6, 6.07) is 0. The van der Waals surface area contributed by atoms with Crippen LogP contribution in [-0.4, -0.2) is 48.8 Å². The highest BCUT2D eigenvalue weighted by molar-refractivity contribution is 5.85. The summed E-state index contributed by atoms with van der Waals surface area (Å²) in [7, 11) is 0. The van der Waals surface area contributed by atoms with Crippen molar-refractivity contribution in [3.05, 3.63) is 0 Å². The van der Waals surface area contributed by atoms with Crippen molar-refractivity contribution in [3.8, 4) is 0 Å². The monoisotopic (exact) mass is 243 g/mol. The first kappa shape index (κ1) is 14.3. The SMILES string of the molecule is CCCOCCN1CCC(C)(C(N)=NO)CC1. The van der Waals surface area contributed by atoms with Crippen LogP contribution in [0.5, 0.6) is 0 Å². The maximum atomic E-state index is 8.75. The van der Waals surface area contributed by atoms with E-state index in [2.05, 4.69) is 23.9 Å². The van der Waals surface area contributed by atoms with Crippen LogP contribution in [0.4, 0.5) is 0 Å². The number of nitrogens with zero attached hydrogens (tertiary/aromatic N) is 2. The Labute approximate surface area is 104 Å². The highest BCUT2D eigenvalue weighted by Crippen LogP contribution is 2.30. The number of amidine groups is 1. The molecule has 0 aromatic carbocycles. The minimum Gasteiger partial charge on any atom is -0.409 e. The van der Waals surface area contributed by atoms with Gasteiger partial charge in [-0.25, -0.2) is 0 Å². The first-order valence-corrected chi connectivity index (χ1v) is 6.40. The second-order valence-electron chi connectivity index (χ2n) is 5.00. The van der Waals surface area contributed by atoms with Crippen LogP contribution in [0.2, 0.25) is 0 Å². The first-order chi connectivity index (χ1) is 8.12. The molecule has 0 aromatic rings. The number of likely N-dealkylation sites (tertiary alicyclic amines) is 1. The molecule has 1 aliphatic rings. The normalized spacial score (nSPS) is 21.6. The third kappa shape index (κ3) is 4.16. The number of hydrogen-bond donors (Lipinski definition) is 2. The summed E-state index contributed by atoms with van der Waals surface area (Å²) in [6.07, 6.45) is 2.95. The molecule has 1 aliphatic heterocycles. The lowest BCUT2D eigenvalue weighted by Gasteiger charge is -2.38. The largest absolute Gasteiger partial charge is 0.409 e. The molecule has 1 saturated heterocycles. The first-order valence-electron chi connectivity index (χ1n) is 6.40. The Bertz CT molecular complexity index is 248. The van der Waals surface area contributed by atoms with Gasteiger partial charge >= 0.3 is 0 Å². The van der Waals surface area contributed by atoms with Crippen molar-refractivity contribution in [2.75, 3.05) is 32.8 Å². The summed E-state index contributed by atoms with van der Waals surface area (Å²) in [5.74, 6) is 0.361. The van der Waals surface area contributed by atoms with Crippen molar-refractivity contribution in [1.29, 1.82) is 0 Å². The molecule has 5 nitrogen and oxygen atoms in total. The average Bonchev–Trinajstić information content (AvgIpc) is 2.36. The molecular weight excluding hydrogens is 218 g/mol. The number of oxime groups is 1. The number of ether oxygens (including phenoxy) is 1. The van der Waals surface area contributed by atoms with Gasteiger partial charge in [-0.3, -0.25) is 0 Å². The fraction of sp³-hybridized carbons (Fsp3) is 0.917. The van der Waals surface area contributed by atoms with Gasteiger partial charge < -0.3 is 20.6 Å². The predicted octanol–water partition coefficient (Wildman–Crippen LogP) is 1.26. The maximum Gasteiger partial charge on any atom is 0.145 e. The van der Waals surface area contributed by atoms with E-state index < -0.39 is 0 Å². The van der Waals surface area contributed by atoms with E-state index in [1.54, 1.807) is 0 Å². The molecule has 1 rings (SSSR count). The molecule has 1 fully saturated rings. The Morgan fingerprint density at radius 2 is 2.06 bits per heavy atom. The van der Waals surface area contributed by atoms with Crippen LogP contribution in [0.15, 0.2) is 5.16 Å².